The van der Waals surface area contributed by atoms with Crippen LogP contribution >= 0.6 is 0 Å². The normalized spacial score (nSPS) is 20.7. The van der Waals surface area contributed by atoms with Gasteiger partial charge in [0.2, 0.25) is 0 Å². The van der Waals surface area contributed by atoms with Crippen LogP contribution in [0, 0.1) is 18.6 Å². The molecule has 2 nitrogen and oxygen atoms in total. The first kappa shape index (κ1) is 14.4. The number of rotatable bonds is 2. The van der Waals surface area contributed by atoms with E-state index in [0.717, 1.165) is 41.3 Å². The van der Waals surface area contributed by atoms with E-state index in [2.05, 4.69) is 11.1 Å². The zero-order valence-corrected chi connectivity index (χ0v) is 12.9. The first-order valence-corrected chi connectivity index (χ1v) is 7.86. The maximum Gasteiger partial charge on any atom is 0.150 e. The van der Waals surface area contributed by atoms with Crippen molar-refractivity contribution in [3.05, 3.63) is 59.2 Å². The van der Waals surface area contributed by atoms with E-state index < -0.39 is 11.6 Å². The monoisotopic (exact) mass is 312 g/mol. The molecule has 3 N–H and O–H groups in total. The lowest BCUT2D eigenvalue weighted by Crippen LogP contribution is -2.34. The Hall–Kier alpha value is -2.20. The van der Waals surface area contributed by atoms with Crippen LogP contribution in [0.1, 0.15) is 29.9 Å². The Morgan fingerprint density at radius 2 is 1.91 bits per heavy atom. The Bertz CT molecular complexity index is 892. The average Bonchev–Trinajstić information content (AvgIpc) is 2.83. The number of hydrogen-bond donors (Lipinski definition) is 2. The van der Waals surface area contributed by atoms with Gasteiger partial charge in [0, 0.05) is 17.5 Å². The first-order chi connectivity index (χ1) is 11.0. The van der Waals surface area contributed by atoms with Crippen LogP contribution in [0.3, 0.4) is 0 Å². The molecule has 4 rings (SSSR count). The number of aryl methyl sites for hydroxylation is 1. The number of aromatic nitrogens is 1. The third kappa shape index (κ3) is 2.34. The van der Waals surface area contributed by atoms with Crippen LogP contribution in [0.4, 0.5) is 8.78 Å². The van der Waals surface area contributed by atoms with Crippen LogP contribution in [0.2, 0.25) is 0 Å². The second-order valence-corrected chi connectivity index (χ2v) is 6.52. The van der Waals surface area contributed by atoms with Crippen molar-refractivity contribution in [2.45, 2.75) is 31.7 Å². The van der Waals surface area contributed by atoms with E-state index in [9.17, 15) is 8.78 Å². The summed E-state index contributed by atoms with van der Waals surface area (Å²) in [6.07, 6.45) is 1.70. The minimum absolute atomic E-state index is 0.175. The molecule has 3 aromatic rings. The molecule has 4 heteroatoms. The Morgan fingerprint density at radius 1 is 1.13 bits per heavy atom. The maximum absolute atomic E-state index is 14.2. The van der Waals surface area contributed by atoms with Gasteiger partial charge >= 0.3 is 0 Å². The molecular weight excluding hydrogens is 294 g/mol. The predicted molar refractivity (Wildman–Crippen MR) is 88.3 cm³/mol. The molecule has 1 saturated carbocycles. The number of nitrogens with one attached hydrogen (secondary N) is 1. The third-order valence-electron chi connectivity index (χ3n) is 4.75. The quantitative estimate of drug-likeness (QED) is 0.712. The fourth-order valence-electron chi connectivity index (χ4n) is 3.59. The van der Waals surface area contributed by atoms with Crippen LogP contribution in [-0.4, -0.2) is 11.0 Å². The zero-order valence-electron chi connectivity index (χ0n) is 12.9. The van der Waals surface area contributed by atoms with Gasteiger partial charge in [-0.3, -0.25) is 0 Å². The van der Waals surface area contributed by atoms with E-state index in [1.165, 1.54) is 6.07 Å². The summed E-state index contributed by atoms with van der Waals surface area (Å²) < 4.78 is 27.9. The molecule has 1 aliphatic rings. The van der Waals surface area contributed by atoms with Crippen LogP contribution in [0.5, 0.6) is 0 Å². The van der Waals surface area contributed by atoms with Gasteiger partial charge in [-0.05, 0) is 48.9 Å². The number of nitrogens with two attached hydrogens (primary N) is 1. The highest BCUT2D eigenvalue weighted by Gasteiger charge is 2.32. The van der Waals surface area contributed by atoms with Gasteiger partial charge in [-0.15, -0.1) is 0 Å². The van der Waals surface area contributed by atoms with Crippen molar-refractivity contribution in [2.24, 2.45) is 5.73 Å². The number of H-pyrrole nitrogens is 1. The average molecular weight is 312 g/mol. The van der Waals surface area contributed by atoms with Gasteiger partial charge in [0.25, 0.3) is 0 Å². The second kappa shape index (κ2) is 5.17. The predicted octanol–water partition coefficient (Wildman–Crippen LogP) is 4.63. The summed E-state index contributed by atoms with van der Waals surface area (Å²) in [7, 11) is 0. The summed E-state index contributed by atoms with van der Waals surface area (Å²) >= 11 is 0. The zero-order chi connectivity index (χ0) is 16.1. The van der Waals surface area contributed by atoms with Gasteiger partial charge in [0.1, 0.15) is 11.6 Å². The lowest BCUT2D eigenvalue weighted by atomic mass is 9.74. The molecular formula is C19H18F2N2. The van der Waals surface area contributed by atoms with Crippen molar-refractivity contribution >= 4 is 10.9 Å². The van der Waals surface area contributed by atoms with E-state index >= 15 is 0 Å². The fourth-order valence-corrected chi connectivity index (χ4v) is 3.59. The molecule has 1 heterocycles. The fraction of sp³-hybridized carbons (Fsp3) is 0.263. The smallest absolute Gasteiger partial charge is 0.150 e. The van der Waals surface area contributed by atoms with Crippen molar-refractivity contribution in [3.63, 3.8) is 0 Å². The molecule has 0 saturated heterocycles. The summed E-state index contributed by atoms with van der Waals surface area (Å²) in [5.74, 6) is -0.853. The number of hydrogen-bond acceptors (Lipinski definition) is 1. The van der Waals surface area contributed by atoms with Gasteiger partial charge in [-0.2, -0.15) is 0 Å². The summed E-state index contributed by atoms with van der Waals surface area (Å²) in [5, 5.41) is 0.635. The SMILES string of the molecule is Cc1cccc(-c2[nH]c3c(F)cc(F)cc3c2C2CC(N)C2)c1. The molecule has 0 bridgehead atoms. The van der Waals surface area contributed by atoms with E-state index in [0.29, 0.717) is 10.9 Å². The molecule has 23 heavy (non-hydrogen) atoms. The minimum atomic E-state index is -0.552. The summed E-state index contributed by atoms with van der Waals surface area (Å²) in [6, 6.07) is 10.6. The molecule has 1 aliphatic carbocycles. The summed E-state index contributed by atoms with van der Waals surface area (Å²) in [4.78, 5) is 3.18. The summed E-state index contributed by atoms with van der Waals surface area (Å²) in [6.45, 7) is 2.02. The summed E-state index contributed by atoms with van der Waals surface area (Å²) in [5.41, 5.74) is 10.3. The van der Waals surface area contributed by atoms with E-state index in [1.54, 1.807) is 0 Å². The molecule has 0 atom stereocenters. The number of aromatic amines is 1. The van der Waals surface area contributed by atoms with Crippen LogP contribution < -0.4 is 5.73 Å². The van der Waals surface area contributed by atoms with E-state index in [1.807, 2.05) is 25.1 Å². The first-order valence-electron chi connectivity index (χ1n) is 7.86. The molecule has 0 aliphatic heterocycles. The Morgan fingerprint density at radius 3 is 2.61 bits per heavy atom. The van der Waals surface area contributed by atoms with Crippen LogP contribution in [0.15, 0.2) is 36.4 Å². The Kier molecular flexibility index (Phi) is 3.23. The molecule has 118 valence electrons. The van der Waals surface area contributed by atoms with Gasteiger partial charge in [0.05, 0.1) is 11.2 Å². The van der Waals surface area contributed by atoms with E-state index in [4.69, 9.17) is 5.73 Å². The van der Waals surface area contributed by atoms with Crippen molar-refractivity contribution in [1.29, 1.82) is 0 Å². The molecule has 1 aromatic heterocycles. The molecule has 0 spiro atoms. The van der Waals surface area contributed by atoms with Crippen LogP contribution in [0.25, 0.3) is 22.2 Å². The number of fused-ring (bicyclic) bond motifs is 1. The highest BCUT2D eigenvalue weighted by atomic mass is 19.1. The Balaban J connectivity index is 1.99. The molecule has 0 radical (unpaired) electrons. The largest absolute Gasteiger partial charge is 0.352 e. The lowest BCUT2D eigenvalue weighted by Gasteiger charge is -2.33. The van der Waals surface area contributed by atoms with E-state index in [-0.39, 0.29) is 12.0 Å². The molecule has 0 amide bonds. The Labute approximate surface area is 133 Å². The van der Waals surface area contributed by atoms with Crippen LogP contribution in [-0.2, 0) is 0 Å². The molecule has 2 aromatic carbocycles. The standard InChI is InChI=1S/C19H18F2N2/c1-10-3-2-4-11(5-10)18-17(12-6-14(22)7-12)15-8-13(20)9-16(21)19(15)23-18/h2-5,8-9,12,14,23H,6-7,22H2,1H3. The van der Waals surface area contributed by atoms with Gasteiger partial charge in [-0.1, -0.05) is 23.8 Å². The maximum atomic E-state index is 14.2. The number of benzene rings is 2. The van der Waals surface area contributed by atoms with Crippen molar-refractivity contribution in [1.82, 2.24) is 4.98 Å². The second-order valence-electron chi connectivity index (χ2n) is 6.52. The highest BCUT2D eigenvalue weighted by Crippen LogP contribution is 2.45. The number of halogens is 2. The van der Waals surface area contributed by atoms with Gasteiger partial charge in [-0.25, -0.2) is 8.78 Å². The van der Waals surface area contributed by atoms with Crippen molar-refractivity contribution < 1.29 is 8.78 Å². The van der Waals surface area contributed by atoms with Gasteiger partial charge in [0.15, 0.2) is 0 Å². The minimum Gasteiger partial charge on any atom is -0.352 e. The van der Waals surface area contributed by atoms with Crippen molar-refractivity contribution in [2.75, 3.05) is 0 Å². The third-order valence-corrected chi connectivity index (χ3v) is 4.75. The van der Waals surface area contributed by atoms with Crippen molar-refractivity contribution in [3.8, 4) is 11.3 Å². The molecule has 0 unspecified atom stereocenters. The highest BCUT2D eigenvalue weighted by molar-refractivity contribution is 5.92. The molecule has 1 fully saturated rings. The van der Waals surface area contributed by atoms with Gasteiger partial charge < -0.3 is 10.7 Å². The lowest BCUT2D eigenvalue weighted by molar-refractivity contribution is 0.354. The topological polar surface area (TPSA) is 41.8 Å².